The van der Waals surface area contributed by atoms with Crippen LogP contribution in [-0.4, -0.2) is 37.3 Å². The molecule has 118 valence electrons. The number of carbonyl (C=O) groups is 1. The van der Waals surface area contributed by atoms with Crippen molar-refractivity contribution in [2.75, 3.05) is 25.6 Å². The predicted octanol–water partition coefficient (Wildman–Crippen LogP) is 2.02. The minimum atomic E-state index is -0.0296. The maximum Gasteiger partial charge on any atom is 0.225 e. The molecule has 0 aromatic heterocycles. The zero-order valence-electron chi connectivity index (χ0n) is 13.1. The smallest absolute Gasteiger partial charge is 0.225 e. The lowest BCUT2D eigenvalue weighted by molar-refractivity contribution is -0.116. The van der Waals surface area contributed by atoms with Gasteiger partial charge in [-0.2, -0.15) is 0 Å². The molecular weight excluding hydrogens is 268 g/mol. The van der Waals surface area contributed by atoms with Gasteiger partial charge in [-0.05, 0) is 37.9 Å². The van der Waals surface area contributed by atoms with Gasteiger partial charge >= 0.3 is 0 Å². The second-order valence-electron chi connectivity index (χ2n) is 5.41. The molecule has 0 heterocycles. The van der Waals surface area contributed by atoms with Crippen LogP contribution < -0.4 is 15.4 Å². The number of benzene rings is 1. The van der Waals surface area contributed by atoms with E-state index in [-0.39, 0.29) is 18.6 Å². The number of nitrogens with one attached hydrogen (secondary N) is 2. The molecule has 3 N–H and O–H groups in total. The van der Waals surface area contributed by atoms with Crippen LogP contribution in [-0.2, 0) is 4.79 Å². The van der Waals surface area contributed by atoms with Gasteiger partial charge in [0.1, 0.15) is 5.75 Å². The van der Waals surface area contributed by atoms with E-state index in [0.717, 1.165) is 24.4 Å². The van der Waals surface area contributed by atoms with Crippen LogP contribution in [0.1, 0.15) is 26.7 Å². The highest BCUT2D eigenvalue weighted by molar-refractivity contribution is 5.91. The van der Waals surface area contributed by atoms with Gasteiger partial charge in [0.25, 0.3) is 0 Å². The minimum absolute atomic E-state index is 0.0296. The van der Waals surface area contributed by atoms with Crippen molar-refractivity contribution in [3.05, 3.63) is 24.3 Å². The lowest BCUT2D eigenvalue weighted by atomic mass is 10.1. The zero-order valence-corrected chi connectivity index (χ0v) is 13.1. The molecule has 0 bridgehead atoms. The van der Waals surface area contributed by atoms with Crippen LogP contribution in [0.4, 0.5) is 5.69 Å². The summed E-state index contributed by atoms with van der Waals surface area (Å²) >= 11 is 0. The van der Waals surface area contributed by atoms with Gasteiger partial charge in [-0.15, -0.1) is 0 Å². The number of rotatable bonds is 9. The Kier molecular flexibility index (Phi) is 7.79. The molecule has 5 heteroatoms. The molecule has 0 saturated heterocycles. The van der Waals surface area contributed by atoms with E-state index < -0.39 is 0 Å². The maximum atomic E-state index is 12.0. The summed E-state index contributed by atoms with van der Waals surface area (Å²) < 4.78 is 5.12. The number of hydrogen-bond donors (Lipinski definition) is 3. The summed E-state index contributed by atoms with van der Waals surface area (Å²) in [5, 5.41) is 15.0. The van der Waals surface area contributed by atoms with Gasteiger partial charge in [-0.1, -0.05) is 13.0 Å². The van der Waals surface area contributed by atoms with Gasteiger partial charge in [-0.25, -0.2) is 0 Å². The fraction of sp³-hybridized carbons (Fsp3) is 0.562. The van der Waals surface area contributed by atoms with E-state index in [4.69, 9.17) is 9.84 Å². The van der Waals surface area contributed by atoms with E-state index in [0.29, 0.717) is 12.3 Å². The molecule has 0 aliphatic rings. The molecule has 21 heavy (non-hydrogen) atoms. The standard InChI is InChI=1S/C16H26N2O3/c1-12(7-8-19)11-17-13(2)9-16(20)18-14-5-4-6-15(10-14)21-3/h4-6,10,12-13,17,19H,7-9,11H2,1-3H3,(H,18,20). The van der Waals surface area contributed by atoms with Crippen LogP contribution in [0.25, 0.3) is 0 Å². The molecule has 1 rings (SSSR count). The molecule has 1 amide bonds. The Balaban J connectivity index is 2.35. The van der Waals surface area contributed by atoms with E-state index >= 15 is 0 Å². The van der Waals surface area contributed by atoms with Gasteiger partial charge in [0.2, 0.25) is 5.91 Å². The predicted molar refractivity (Wildman–Crippen MR) is 84.6 cm³/mol. The Hall–Kier alpha value is -1.59. The van der Waals surface area contributed by atoms with Crippen molar-refractivity contribution in [3.63, 3.8) is 0 Å². The van der Waals surface area contributed by atoms with Crippen molar-refractivity contribution in [1.82, 2.24) is 5.32 Å². The Labute approximate surface area is 126 Å². The number of amides is 1. The second kappa shape index (κ2) is 9.37. The van der Waals surface area contributed by atoms with Crippen molar-refractivity contribution in [3.8, 4) is 5.75 Å². The Morgan fingerprint density at radius 1 is 1.38 bits per heavy atom. The van der Waals surface area contributed by atoms with Crippen LogP contribution in [0.3, 0.4) is 0 Å². The van der Waals surface area contributed by atoms with Crippen LogP contribution in [0.15, 0.2) is 24.3 Å². The summed E-state index contributed by atoms with van der Waals surface area (Å²) in [6.45, 7) is 5.06. The first-order valence-electron chi connectivity index (χ1n) is 7.33. The molecule has 0 saturated carbocycles. The SMILES string of the molecule is COc1cccc(NC(=O)CC(C)NCC(C)CCO)c1. The third-order valence-electron chi connectivity index (χ3n) is 3.28. The average Bonchev–Trinajstić information content (AvgIpc) is 2.45. The Morgan fingerprint density at radius 3 is 2.81 bits per heavy atom. The molecule has 0 aliphatic heterocycles. The van der Waals surface area contributed by atoms with Gasteiger partial charge in [0, 0.05) is 30.8 Å². The number of aliphatic hydroxyl groups excluding tert-OH is 1. The number of ether oxygens (including phenoxy) is 1. The summed E-state index contributed by atoms with van der Waals surface area (Å²) in [6.07, 6.45) is 1.18. The van der Waals surface area contributed by atoms with Crippen molar-refractivity contribution in [2.24, 2.45) is 5.92 Å². The highest BCUT2D eigenvalue weighted by Crippen LogP contribution is 2.16. The van der Waals surface area contributed by atoms with Gasteiger partial charge in [0.15, 0.2) is 0 Å². The molecule has 0 aliphatic carbocycles. The van der Waals surface area contributed by atoms with E-state index in [1.165, 1.54) is 0 Å². The number of carbonyl (C=O) groups excluding carboxylic acids is 1. The first-order chi connectivity index (χ1) is 10.0. The van der Waals surface area contributed by atoms with Crippen molar-refractivity contribution in [2.45, 2.75) is 32.7 Å². The monoisotopic (exact) mass is 294 g/mol. The lowest BCUT2D eigenvalue weighted by Gasteiger charge is -2.17. The molecule has 1 aromatic rings. The summed E-state index contributed by atoms with van der Waals surface area (Å²) in [7, 11) is 1.60. The van der Waals surface area contributed by atoms with E-state index in [1.807, 2.05) is 25.1 Å². The fourth-order valence-corrected chi connectivity index (χ4v) is 1.99. The number of aliphatic hydroxyl groups is 1. The van der Waals surface area contributed by atoms with Crippen LogP contribution in [0.2, 0.25) is 0 Å². The fourth-order valence-electron chi connectivity index (χ4n) is 1.99. The van der Waals surface area contributed by atoms with E-state index in [2.05, 4.69) is 17.6 Å². The van der Waals surface area contributed by atoms with E-state index in [1.54, 1.807) is 13.2 Å². The lowest BCUT2D eigenvalue weighted by Crippen LogP contribution is -2.33. The van der Waals surface area contributed by atoms with Crippen LogP contribution in [0, 0.1) is 5.92 Å². The molecule has 0 fully saturated rings. The highest BCUT2D eigenvalue weighted by Gasteiger charge is 2.10. The molecule has 0 radical (unpaired) electrons. The van der Waals surface area contributed by atoms with Crippen molar-refractivity contribution in [1.29, 1.82) is 0 Å². The summed E-state index contributed by atoms with van der Waals surface area (Å²) in [4.78, 5) is 12.0. The third-order valence-corrected chi connectivity index (χ3v) is 3.28. The summed E-state index contributed by atoms with van der Waals surface area (Å²) in [6, 6.07) is 7.40. The van der Waals surface area contributed by atoms with Crippen LogP contribution in [0.5, 0.6) is 5.75 Å². The number of hydrogen-bond acceptors (Lipinski definition) is 4. The summed E-state index contributed by atoms with van der Waals surface area (Å²) in [5.41, 5.74) is 0.736. The van der Waals surface area contributed by atoms with Gasteiger partial charge in [0.05, 0.1) is 7.11 Å². The second-order valence-corrected chi connectivity index (χ2v) is 5.41. The largest absolute Gasteiger partial charge is 0.497 e. The number of anilines is 1. The molecular formula is C16H26N2O3. The minimum Gasteiger partial charge on any atom is -0.497 e. The normalized spacial score (nSPS) is 13.5. The quantitative estimate of drug-likeness (QED) is 0.651. The topological polar surface area (TPSA) is 70.6 Å². The Bertz CT molecular complexity index is 437. The van der Waals surface area contributed by atoms with Gasteiger partial charge in [-0.3, -0.25) is 4.79 Å². The summed E-state index contributed by atoms with van der Waals surface area (Å²) in [5.74, 6) is 1.09. The molecule has 5 nitrogen and oxygen atoms in total. The number of methoxy groups -OCH3 is 1. The Morgan fingerprint density at radius 2 is 2.14 bits per heavy atom. The maximum absolute atomic E-state index is 12.0. The molecule has 0 spiro atoms. The molecule has 2 unspecified atom stereocenters. The van der Waals surface area contributed by atoms with Crippen molar-refractivity contribution < 1.29 is 14.6 Å². The first-order valence-corrected chi connectivity index (χ1v) is 7.33. The average molecular weight is 294 g/mol. The zero-order chi connectivity index (χ0) is 15.7. The van der Waals surface area contributed by atoms with Gasteiger partial charge < -0.3 is 20.5 Å². The van der Waals surface area contributed by atoms with E-state index in [9.17, 15) is 4.79 Å². The van der Waals surface area contributed by atoms with Crippen LogP contribution >= 0.6 is 0 Å². The molecule has 2 atom stereocenters. The first kappa shape index (κ1) is 17.5. The highest BCUT2D eigenvalue weighted by atomic mass is 16.5. The molecule has 1 aromatic carbocycles. The van der Waals surface area contributed by atoms with Crippen molar-refractivity contribution >= 4 is 11.6 Å². The third kappa shape index (κ3) is 7.11.